The zero-order valence-electron chi connectivity index (χ0n) is 16.5. The highest BCUT2D eigenvalue weighted by atomic mass is 35.5. The van der Waals surface area contributed by atoms with Crippen molar-refractivity contribution in [1.82, 2.24) is 25.1 Å². The molecule has 3 rings (SSSR count). The van der Waals surface area contributed by atoms with E-state index in [1.165, 1.54) is 0 Å². The Labute approximate surface area is 171 Å². The topological polar surface area (TPSA) is 80.7 Å². The van der Waals surface area contributed by atoms with Crippen molar-refractivity contribution >= 4 is 18.3 Å². The van der Waals surface area contributed by atoms with Gasteiger partial charge in [-0.1, -0.05) is 6.07 Å². The first-order chi connectivity index (χ1) is 13.1. The SMILES string of the molecule is COc1ccc(CNC(=O)CN2CCNCC2c2nccn2C)cc1OC.Cl. The van der Waals surface area contributed by atoms with Gasteiger partial charge in [-0.3, -0.25) is 9.69 Å². The molecule has 0 radical (unpaired) electrons. The highest BCUT2D eigenvalue weighted by Crippen LogP contribution is 2.27. The van der Waals surface area contributed by atoms with Crippen molar-refractivity contribution in [1.29, 1.82) is 0 Å². The molecule has 0 saturated carbocycles. The van der Waals surface area contributed by atoms with Gasteiger partial charge in [0.05, 0.1) is 26.8 Å². The third-order valence-electron chi connectivity index (χ3n) is 4.80. The van der Waals surface area contributed by atoms with Gasteiger partial charge in [0.25, 0.3) is 0 Å². The molecular formula is C19H28ClN5O3. The van der Waals surface area contributed by atoms with Gasteiger partial charge in [0, 0.05) is 45.6 Å². The zero-order valence-corrected chi connectivity index (χ0v) is 17.3. The van der Waals surface area contributed by atoms with Crippen molar-refractivity contribution in [2.45, 2.75) is 12.6 Å². The van der Waals surface area contributed by atoms with E-state index in [9.17, 15) is 4.79 Å². The lowest BCUT2D eigenvalue weighted by Gasteiger charge is -2.35. The molecule has 1 aromatic heterocycles. The number of imidazole rings is 1. The Morgan fingerprint density at radius 1 is 1.32 bits per heavy atom. The Bertz CT molecular complexity index is 783. The third-order valence-corrected chi connectivity index (χ3v) is 4.80. The van der Waals surface area contributed by atoms with Crippen molar-refractivity contribution < 1.29 is 14.3 Å². The van der Waals surface area contributed by atoms with Crippen LogP contribution < -0.4 is 20.1 Å². The van der Waals surface area contributed by atoms with Gasteiger partial charge in [-0.2, -0.15) is 0 Å². The molecular weight excluding hydrogens is 382 g/mol. The maximum atomic E-state index is 12.5. The van der Waals surface area contributed by atoms with E-state index in [-0.39, 0.29) is 24.4 Å². The molecule has 2 heterocycles. The maximum absolute atomic E-state index is 12.5. The van der Waals surface area contributed by atoms with Gasteiger partial charge in [0.2, 0.25) is 5.91 Å². The minimum Gasteiger partial charge on any atom is -0.493 e. The first-order valence-corrected chi connectivity index (χ1v) is 9.02. The molecule has 154 valence electrons. The molecule has 1 amide bonds. The van der Waals surface area contributed by atoms with Crippen molar-refractivity contribution in [3.63, 3.8) is 0 Å². The van der Waals surface area contributed by atoms with E-state index in [0.717, 1.165) is 31.0 Å². The molecule has 1 aliphatic heterocycles. The number of aryl methyl sites for hydroxylation is 1. The van der Waals surface area contributed by atoms with Crippen LogP contribution >= 0.6 is 12.4 Å². The Balaban J connectivity index is 0.00000280. The van der Waals surface area contributed by atoms with Gasteiger partial charge in [-0.15, -0.1) is 12.4 Å². The second kappa shape index (κ2) is 10.3. The summed E-state index contributed by atoms with van der Waals surface area (Å²) in [6, 6.07) is 5.72. The van der Waals surface area contributed by atoms with Gasteiger partial charge in [0.1, 0.15) is 5.82 Å². The van der Waals surface area contributed by atoms with Crippen LogP contribution in [0.1, 0.15) is 17.4 Å². The van der Waals surface area contributed by atoms with E-state index >= 15 is 0 Å². The number of nitrogens with zero attached hydrogens (tertiary/aromatic N) is 3. The van der Waals surface area contributed by atoms with E-state index < -0.39 is 0 Å². The van der Waals surface area contributed by atoms with Crippen LogP contribution in [-0.2, 0) is 18.4 Å². The highest BCUT2D eigenvalue weighted by Gasteiger charge is 2.28. The van der Waals surface area contributed by atoms with Gasteiger partial charge >= 0.3 is 0 Å². The number of hydrogen-bond donors (Lipinski definition) is 2. The average molecular weight is 410 g/mol. The molecule has 28 heavy (non-hydrogen) atoms. The summed E-state index contributed by atoms with van der Waals surface area (Å²) in [5.74, 6) is 2.29. The number of amides is 1. The predicted octanol–water partition coefficient (Wildman–Crippen LogP) is 1.12. The average Bonchev–Trinajstić information content (AvgIpc) is 3.12. The molecule has 0 spiro atoms. The Morgan fingerprint density at radius 2 is 2.11 bits per heavy atom. The Kier molecular flexibility index (Phi) is 8.10. The monoisotopic (exact) mass is 409 g/mol. The second-order valence-corrected chi connectivity index (χ2v) is 6.55. The number of rotatable bonds is 7. The van der Waals surface area contributed by atoms with E-state index in [1.54, 1.807) is 20.4 Å². The van der Waals surface area contributed by atoms with E-state index in [0.29, 0.717) is 24.6 Å². The molecule has 1 atom stereocenters. The Morgan fingerprint density at radius 3 is 2.79 bits per heavy atom. The van der Waals surface area contributed by atoms with Crippen LogP contribution in [0.5, 0.6) is 11.5 Å². The lowest BCUT2D eigenvalue weighted by Crippen LogP contribution is -2.50. The van der Waals surface area contributed by atoms with E-state index in [4.69, 9.17) is 9.47 Å². The number of halogens is 1. The van der Waals surface area contributed by atoms with E-state index in [1.807, 2.05) is 36.0 Å². The highest BCUT2D eigenvalue weighted by molar-refractivity contribution is 5.85. The van der Waals surface area contributed by atoms with Crippen molar-refractivity contribution in [3.8, 4) is 11.5 Å². The van der Waals surface area contributed by atoms with Gasteiger partial charge in [-0.25, -0.2) is 4.98 Å². The van der Waals surface area contributed by atoms with E-state index in [2.05, 4.69) is 20.5 Å². The summed E-state index contributed by atoms with van der Waals surface area (Å²) in [4.78, 5) is 19.1. The summed E-state index contributed by atoms with van der Waals surface area (Å²) in [6.45, 7) is 3.24. The molecule has 1 fully saturated rings. The number of nitrogens with one attached hydrogen (secondary N) is 2. The second-order valence-electron chi connectivity index (χ2n) is 6.55. The van der Waals surface area contributed by atoms with Gasteiger partial charge in [0.15, 0.2) is 11.5 Å². The zero-order chi connectivity index (χ0) is 19.2. The van der Waals surface area contributed by atoms with Crippen LogP contribution in [0.2, 0.25) is 0 Å². The number of benzene rings is 1. The molecule has 0 bridgehead atoms. The number of carbonyl (C=O) groups excluding carboxylic acids is 1. The van der Waals surface area contributed by atoms with Crippen LogP contribution in [0.25, 0.3) is 0 Å². The largest absolute Gasteiger partial charge is 0.493 e. The number of hydrogen-bond acceptors (Lipinski definition) is 6. The number of aromatic nitrogens is 2. The van der Waals surface area contributed by atoms with Crippen molar-refractivity contribution in [3.05, 3.63) is 42.0 Å². The summed E-state index contributed by atoms with van der Waals surface area (Å²) >= 11 is 0. The summed E-state index contributed by atoms with van der Waals surface area (Å²) in [5.41, 5.74) is 0.960. The first-order valence-electron chi connectivity index (χ1n) is 9.02. The first kappa shape index (κ1) is 22.0. The summed E-state index contributed by atoms with van der Waals surface area (Å²) in [6.07, 6.45) is 3.72. The van der Waals surface area contributed by atoms with Crippen LogP contribution in [0, 0.1) is 0 Å². The lowest BCUT2D eigenvalue weighted by atomic mass is 10.1. The normalized spacial score (nSPS) is 16.9. The molecule has 9 heteroatoms. The van der Waals surface area contributed by atoms with Crippen molar-refractivity contribution in [2.24, 2.45) is 7.05 Å². The standard InChI is InChI=1S/C19H27N5O3.ClH/c1-23-8-7-21-19(23)15-12-20-6-9-24(15)13-18(25)22-11-14-4-5-16(26-2)17(10-14)27-3;/h4-5,7-8,10,15,20H,6,9,11-13H2,1-3H3,(H,22,25);1H. The minimum absolute atomic E-state index is 0. The molecule has 2 N–H and O–H groups in total. The lowest BCUT2D eigenvalue weighted by molar-refractivity contribution is -0.123. The smallest absolute Gasteiger partial charge is 0.234 e. The molecule has 1 unspecified atom stereocenters. The van der Waals surface area contributed by atoms with Crippen LogP contribution in [0.3, 0.4) is 0 Å². The van der Waals surface area contributed by atoms with Gasteiger partial charge in [-0.05, 0) is 17.7 Å². The van der Waals surface area contributed by atoms with Gasteiger partial charge < -0.3 is 24.7 Å². The quantitative estimate of drug-likeness (QED) is 0.713. The predicted molar refractivity (Wildman–Crippen MR) is 109 cm³/mol. The molecule has 8 nitrogen and oxygen atoms in total. The van der Waals surface area contributed by atoms with Crippen LogP contribution in [0.15, 0.2) is 30.6 Å². The fourth-order valence-electron chi connectivity index (χ4n) is 3.32. The Hall–Kier alpha value is -2.29. The molecule has 1 aliphatic rings. The van der Waals surface area contributed by atoms with Crippen LogP contribution in [0.4, 0.5) is 0 Å². The fourth-order valence-corrected chi connectivity index (χ4v) is 3.32. The third kappa shape index (κ3) is 5.15. The molecule has 1 aromatic carbocycles. The summed E-state index contributed by atoms with van der Waals surface area (Å²) in [5, 5.41) is 6.37. The van der Waals surface area contributed by atoms with Crippen LogP contribution in [-0.4, -0.2) is 60.8 Å². The minimum atomic E-state index is -0.00843. The number of piperazine rings is 1. The number of methoxy groups -OCH3 is 2. The molecule has 2 aromatic rings. The van der Waals surface area contributed by atoms with Crippen molar-refractivity contribution in [2.75, 3.05) is 40.4 Å². The fraction of sp³-hybridized carbons (Fsp3) is 0.474. The molecule has 0 aliphatic carbocycles. The molecule has 1 saturated heterocycles. The number of ether oxygens (including phenoxy) is 2. The number of carbonyl (C=O) groups is 1. The summed E-state index contributed by atoms with van der Waals surface area (Å²) in [7, 11) is 5.18. The maximum Gasteiger partial charge on any atom is 0.234 e. The summed E-state index contributed by atoms with van der Waals surface area (Å²) < 4.78 is 12.6.